The number of rotatable bonds is 12. The van der Waals surface area contributed by atoms with Crippen molar-refractivity contribution < 1.29 is 52.1 Å². The Morgan fingerprint density at radius 3 is 1.83 bits per heavy atom. The minimum atomic E-state index is -5.19. The largest absolute Gasteiger partial charge is 0.324 e. The van der Waals surface area contributed by atoms with Gasteiger partial charge in [-0.2, -0.15) is 40.2 Å². The van der Waals surface area contributed by atoms with E-state index in [1.54, 1.807) is 0 Å². The number of amides is 1. The molecule has 20 nitrogen and oxygen atoms in total. The summed E-state index contributed by atoms with van der Waals surface area (Å²) in [6.07, 6.45) is 0. The number of aromatic nitrogens is 3. The average Bonchev–Trinajstić information content (AvgIpc) is 3.05. The maximum Gasteiger partial charge on any atom is 0.296 e. The van der Waals surface area contributed by atoms with Gasteiger partial charge in [0.15, 0.2) is 9.84 Å². The van der Waals surface area contributed by atoms with Crippen molar-refractivity contribution in [2.24, 2.45) is 10.2 Å². The monoisotopic (exact) mass is 838 g/mol. The van der Waals surface area contributed by atoms with Crippen LogP contribution in [0.15, 0.2) is 109 Å². The van der Waals surface area contributed by atoms with Gasteiger partial charge in [0.05, 0.1) is 15.5 Å². The van der Waals surface area contributed by atoms with Gasteiger partial charge in [-0.05, 0) is 83.7 Å². The van der Waals surface area contributed by atoms with E-state index >= 15 is 0 Å². The van der Waals surface area contributed by atoms with Crippen molar-refractivity contribution in [3.05, 3.63) is 84.0 Å². The predicted molar refractivity (Wildman–Crippen MR) is 194 cm³/mol. The van der Waals surface area contributed by atoms with Crippen LogP contribution in [-0.4, -0.2) is 68.2 Å². The van der Waals surface area contributed by atoms with Crippen LogP contribution in [-0.2, 0) is 45.0 Å². The minimum absolute atomic E-state index is 0.0105. The second-order valence-electron chi connectivity index (χ2n) is 10.7. The Morgan fingerprint density at radius 2 is 1.28 bits per heavy atom. The summed E-state index contributed by atoms with van der Waals surface area (Å²) in [6, 6.07) is 12.2. The smallest absolute Gasteiger partial charge is 0.296 e. The number of hydrogen-bond acceptors (Lipinski definition) is 16. The number of anilines is 5. The lowest BCUT2D eigenvalue weighted by Gasteiger charge is -2.12. The molecule has 1 aromatic heterocycles. The van der Waals surface area contributed by atoms with Gasteiger partial charge in [-0.1, -0.05) is 6.58 Å². The first-order valence-electron chi connectivity index (χ1n) is 14.3. The second kappa shape index (κ2) is 14.7. The fourth-order valence-corrected chi connectivity index (χ4v) is 7.46. The van der Waals surface area contributed by atoms with E-state index in [0.29, 0.717) is 23.9 Å². The molecule has 0 unspecified atom stereocenters. The van der Waals surface area contributed by atoms with Crippen LogP contribution in [0, 0.1) is 0 Å². The summed E-state index contributed by atoms with van der Waals surface area (Å²) in [6.45, 7) is 4.45. The van der Waals surface area contributed by atoms with Crippen LogP contribution in [0.3, 0.4) is 0 Å². The third kappa shape index (κ3) is 9.36. The number of fused-ring (bicyclic) bond motifs is 1. The van der Waals surface area contributed by atoms with Gasteiger partial charge < -0.3 is 16.0 Å². The van der Waals surface area contributed by atoms with Gasteiger partial charge in [0, 0.05) is 29.1 Å². The molecule has 0 aliphatic carbocycles. The lowest BCUT2D eigenvalue weighted by molar-refractivity contribution is -0.114. The number of hydrogen-bond donors (Lipinski definition) is 6. The van der Waals surface area contributed by atoms with Gasteiger partial charge in [0.25, 0.3) is 30.4 Å². The number of halogens is 1. The topological polar surface area (TPSA) is 314 Å². The summed E-state index contributed by atoms with van der Waals surface area (Å²) < 4.78 is 126. The number of sulfone groups is 1. The van der Waals surface area contributed by atoms with Crippen LogP contribution in [0.25, 0.3) is 10.8 Å². The lowest BCUT2D eigenvalue weighted by Crippen LogP contribution is -2.07. The zero-order valence-corrected chi connectivity index (χ0v) is 30.9. The normalized spacial score (nSPS) is 12.5. The van der Waals surface area contributed by atoms with Crippen molar-refractivity contribution >= 4 is 109 Å². The van der Waals surface area contributed by atoms with E-state index in [0.717, 1.165) is 11.5 Å². The molecule has 25 heteroatoms. The first kappa shape index (κ1) is 39.7. The summed E-state index contributed by atoms with van der Waals surface area (Å²) >= 11 is 6.09. The Kier molecular flexibility index (Phi) is 10.9. The van der Waals surface area contributed by atoms with Crippen molar-refractivity contribution in [3.8, 4) is 0 Å². The van der Waals surface area contributed by atoms with Crippen molar-refractivity contribution in [2.45, 2.75) is 26.5 Å². The lowest BCUT2D eigenvalue weighted by atomic mass is 10.1. The van der Waals surface area contributed by atoms with Crippen molar-refractivity contribution in [1.29, 1.82) is 0 Å². The zero-order valence-electron chi connectivity index (χ0n) is 26.9. The molecule has 0 aliphatic rings. The molecule has 0 fully saturated rings. The first-order valence-corrected chi connectivity index (χ1v) is 20.6. The Balaban J connectivity index is 1.51. The van der Waals surface area contributed by atoms with E-state index in [1.165, 1.54) is 49.4 Å². The highest BCUT2D eigenvalue weighted by Gasteiger charge is 2.25. The number of nitrogens with zero attached hydrogens (tertiary/aromatic N) is 5. The quantitative estimate of drug-likeness (QED) is 0.0695. The van der Waals surface area contributed by atoms with Crippen molar-refractivity contribution in [3.63, 3.8) is 0 Å². The third-order valence-electron chi connectivity index (χ3n) is 6.92. The highest BCUT2D eigenvalue weighted by molar-refractivity contribution is 7.94. The predicted octanol–water partition coefficient (Wildman–Crippen LogP) is 5.20. The van der Waals surface area contributed by atoms with E-state index in [2.05, 4.69) is 47.7 Å². The average molecular weight is 839 g/mol. The number of benzene rings is 4. The highest BCUT2D eigenvalue weighted by Crippen LogP contribution is 2.37. The maximum absolute atomic E-state index is 12.3. The number of azo groups is 1. The molecule has 0 spiro atoms. The molecule has 0 saturated heterocycles. The highest BCUT2D eigenvalue weighted by atomic mass is 35.5. The summed E-state index contributed by atoms with van der Waals surface area (Å²) in [7, 11) is -19.1. The van der Waals surface area contributed by atoms with Crippen molar-refractivity contribution in [2.75, 3.05) is 16.0 Å². The molecule has 4 aromatic carbocycles. The molecule has 1 heterocycles. The maximum atomic E-state index is 12.3. The van der Waals surface area contributed by atoms with Crippen LogP contribution in [0.1, 0.15) is 6.92 Å². The molecular formula is C29H23ClN8O12S4. The van der Waals surface area contributed by atoms with Crippen molar-refractivity contribution in [1.82, 2.24) is 15.0 Å². The van der Waals surface area contributed by atoms with Gasteiger partial charge in [-0.3, -0.25) is 18.5 Å². The van der Waals surface area contributed by atoms with Crippen LogP contribution >= 0.6 is 11.6 Å². The fourth-order valence-electron chi connectivity index (χ4n) is 4.61. The molecule has 0 aliphatic heterocycles. The minimum Gasteiger partial charge on any atom is -0.324 e. The van der Waals surface area contributed by atoms with E-state index in [9.17, 15) is 52.1 Å². The molecule has 6 N–H and O–H groups in total. The van der Waals surface area contributed by atoms with Gasteiger partial charge >= 0.3 is 0 Å². The fraction of sp³-hybridized carbons (Fsp3) is 0.0345. The van der Waals surface area contributed by atoms with E-state index in [4.69, 9.17) is 11.6 Å². The van der Waals surface area contributed by atoms with Gasteiger partial charge in [0.1, 0.15) is 21.2 Å². The molecule has 0 saturated carbocycles. The molecule has 282 valence electrons. The summed E-state index contributed by atoms with van der Waals surface area (Å²) in [4.78, 5) is 21.3. The van der Waals surface area contributed by atoms with Crippen LogP contribution in [0.5, 0.6) is 0 Å². The molecule has 0 atom stereocenters. The molecule has 5 rings (SSSR count). The number of carbonyl (C=O) groups is 1. The number of carbonyl (C=O) groups excluding carboxylic acids is 1. The van der Waals surface area contributed by atoms with Gasteiger partial charge in [0.2, 0.25) is 23.1 Å². The summed E-state index contributed by atoms with van der Waals surface area (Å²) in [5.74, 6) is -0.713. The van der Waals surface area contributed by atoms with Crippen LogP contribution in [0.4, 0.5) is 40.3 Å². The Morgan fingerprint density at radius 1 is 0.704 bits per heavy atom. The second-order valence-corrected chi connectivity index (χ2v) is 17.2. The van der Waals surface area contributed by atoms with Crippen LogP contribution < -0.4 is 16.0 Å². The molecule has 1 amide bonds. The molecular weight excluding hydrogens is 816 g/mol. The van der Waals surface area contributed by atoms with E-state index in [1.807, 2.05) is 0 Å². The first-order chi connectivity index (χ1) is 25.0. The molecule has 0 radical (unpaired) electrons. The van der Waals surface area contributed by atoms with Crippen LogP contribution in [0.2, 0.25) is 5.28 Å². The van der Waals surface area contributed by atoms with Gasteiger partial charge in [-0.25, -0.2) is 8.42 Å². The molecule has 54 heavy (non-hydrogen) atoms. The van der Waals surface area contributed by atoms with Gasteiger partial charge in [-0.15, -0.1) is 10.2 Å². The standard InChI is InChI=1S/C29H23ClN8O12S4/c1-3-51(40,41)19-7-4-17(5-8-19)32-28-34-27(30)35-29(36-28)33-18-6-9-22(23(12-18)31-15(2)39)37-38-24-14-21-16(11-26(24)54(48,49)50)10-20(52(42,43)44)13-25(21)53(45,46)47/h3-14H,1H2,2H3,(H,31,39)(H,42,43,44)(H,45,46,47)(H,48,49,50)(H2,32,33,34,35,36). The Bertz CT molecular complexity index is 2860. The Hall–Kier alpha value is -5.47. The number of nitrogens with one attached hydrogen (secondary N) is 3. The molecule has 0 bridgehead atoms. The summed E-state index contributed by atoms with van der Waals surface area (Å²) in [5, 5.41) is 15.6. The SMILES string of the molecule is C=CS(=O)(=O)c1ccc(Nc2nc(Cl)nc(Nc3ccc(N=Nc4cc5c(S(=O)(=O)O)cc(S(=O)(=O)O)cc5cc4S(=O)(=O)O)c(NC(C)=O)c3)n2)cc1. The third-order valence-corrected chi connectivity index (χ3v) is 11.1. The van der Waals surface area contributed by atoms with E-state index < -0.39 is 77.2 Å². The summed E-state index contributed by atoms with van der Waals surface area (Å²) in [5.41, 5.74) is -0.166. The molecule has 5 aromatic rings. The zero-order chi connectivity index (χ0) is 39.8. The van der Waals surface area contributed by atoms with E-state index in [-0.39, 0.29) is 39.1 Å². The Labute approximate surface area is 311 Å².